The number of allylic oxidation sites excluding steroid dienone is 2. The molecule has 2 fully saturated rings. The average molecular weight is 1030 g/mol. The number of rotatable bonds is 22. The number of hydrogen-bond donors (Lipinski definition) is 0. The number of esters is 8. The summed E-state index contributed by atoms with van der Waals surface area (Å²) in [4.78, 5) is 122. The van der Waals surface area contributed by atoms with Gasteiger partial charge < -0.3 is 66.3 Å². The predicted molar refractivity (Wildman–Crippen MR) is 244 cm³/mol. The smallest absolute Gasteiger partial charge is 0.303 e. The summed E-state index contributed by atoms with van der Waals surface area (Å²) in [7, 11) is 2.63. The molecule has 396 valence electrons. The Balaban J connectivity index is 1.49. The quantitative estimate of drug-likeness (QED) is 0.0708. The number of carbonyl (C=O) groups is 10. The molecule has 0 aromatic heterocycles. The molecule has 2 aromatic carbocycles. The second-order valence-electron chi connectivity index (χ2n) is 16.0. The van der Waals surface area contributed by atoms with E-state index in [4.69, 9.17) is 66.3 Å². The van der Waals surface area contributed by atoms with E-state index in [1.807, 2.05) is 0 Å². The third kappa shape index (κ3) is 17.7. The van der Waals surface area contributed by atoms with Gasteiger partial charge in [0, 0.05) is 55.4 Å². The highest BCUT2D eigenvalue weighted by atomic mass is 16.8. The van der Waals surface area contributed by atoms with Gasteiger partial charge in [0.15, 0.2) is 59.0 Å². The molecule has 0 amide bonds. The molecule has 0 saturated carbocycles. The van der Waals surface area contributed by atoms with Gasteiger partial charge in [-0.2, -0.15) is 0 Å². The monoisotopic (exact) mass is 1030 g/mol. The van der Waals surface area contributed by atoms with Gasteiger partial charge in [-0.25, -0.2) is 0 Å². The van der Waals surface area contributed by atoms with Crippen LogP contribution in [-0.4, -0.2) is 148 Å². The van der Waals surface area contributed by atoms with E-state index in [1.165, 1.54) is 74.9 Å². The average Bonchev–Trinajstić information content (AvgIpc) is 3.29. The SMILES string of the molecule is COc1cc(/C=C/C(=O)CC(=O)/C=C/c2ccc(O[C@H]3O[C@H](COC(C)=O)[C@@H](OC(C)=O)[C@H](OC(C)=O)[C@H]3OC(C)=O)c(OC)c2)ccc1O[C@H]1O[C@@H](COC(C)=O)[C@@H](OC(C)=O)[C@H](OC(C)=O)[C@@H]1OC(C)=O. The first-order chi connectivity index (χ1) is 34.5. The summed E-state index contributed by atoms with van der Waals surface area (Å²) in [5.41, 5.74) is 0.834. The van der Waals surface area contributed by atoms with Gasteiger partial charge in [-0.1, -0.05) is 24.3 Å². The Morgan fingerprint density at radius 1 is 0.425 bits per heavy atom. The van der Waals surface area contributed by atoms with Crippen molar-refractivity contribution in [2.45, 2.75) is 123 Å². The minimum atomic E-state index is -1.55. The van der Waals surface area contributed by atoms with Gasteiger partial charge in [0.05, 0.1) is 20.6 Å². The summed E-state index contributed by atoms with van der Waals surface area (Å²) in [6.07, 6.45) is -9.82. The van der Waals surface area contributed by atoms with Crippen LogP contribution in [0.25, 0.3) is 12.2 Å². The molecular formula is C49H56O24. The first-order valence-corrected chi connectivity index (χ1v) is 22.2. The Labute approximate surface area is 418 Å². The highest BCUT2D eigenvalue weighted by Crippen LogP contribution is 2.37. The zero-order chi connectivity index (χ0) is 54.1. The van der Waals surface area contributed by atoms with Crippen LogP contribution in [-0.2, 0) is 95.3 Å². The zero-order valence-corrected chi connectivity index (χ0v) is 41.5. The molecule has 0 spiro atoms. The number of ether oxygens (including phenoxy) is 14. The first-order valence-electron chi connectivity index (χ1n) is 22.2. The molecule has 2 heterocycles. The lowest BCUT2D eigenvalue weighted by Crippen LogP contribution is -2.63. The number of carbonyl (C=O) groups excluding carboxylic acids is 10. The van der Waals surface area contributed by atoms with Crippen molar-refractivity contribution in [2.24, 2.45) is 0 Å². The van der Waals surface area contributed by atoms with E-state index in [0.29, 0.717) is 11.1 Å². The van der Waals surface area contributed by atoms with E-state index in [1.54, 1.807) is 0 Å². The number of benzene rings is 2. The van der Waals surface area contributed by atoms with Crippen LogP contribution < -0.4 is 18.9 Å². The van der Waals surface area contributed by atoms with Crippen LogP contribution in [0.4, 0.5) is 0 Å². The lowest BCUT2D eigenvalue weighted by molar-refractivity contribution is -0.288. The van der Waals surface area contributed by atoms with E-state index < -0.39 is 140 Å². The van der Waals surface area contributed by atoms with E-state index >= 15 is 0 Å². The maximum atomic E-state index is 12.9. The van der Waals surface area contributed by atoms with E-state index in [-0.39, 0.29) is 23.0 Å². The fourth-order valence-corrected chi connectivity index (χ4v) is 7.26. The van der Waals surface area contributed by atoms with Crippen molar-refractivity contribution in [1.29, 1.82) is 0 Å². The number of ketones is 2. The topological polar surface area (TPSA) is 300 Å². The predicted octanol–water partition coefficient (Wildman–Crippen LogP) is 2.88. The van der Waals surface area contributed by atoms with Gasteiger partial charge >= 0.3 is 47.8 Å². The largest absolute Gasteiger partial charge is 0.493 e. The van der Waals surface area contributed by atoms with E-state index in [2.05, 4.69) is 0 Å². The van der Waals surface area contributed by atoms with Crippen molar-refractivity contribution in [3.8, 4) is 23.0 Å². The lowest BCUT2D eigenvalue weighted by Gasteiger charge is -2.44. The summed E-state index contributed by atoms with van der Waals surface area (Å²) in [5, 5.41) is 0. The molecule has 4 rings (SSSR count). The Bertz CT molecular complexity index is 2270. The van der Waals surface area contributed by atoms with E-state index in [0.717, 1.165) is 55.4 Å². The Kier molecular flexibility index (Phi) is 21.4. The molecule has 0 N–H and O–H groups in total. The fourth-order valence-electron chi connectivity index (χ4n) is 7.26. The summed E-state index contributed by atoms with van der Waals surface area (Å²) >= 11 is 0. The third-order valence-corrected chi connectivity index (χ3v) is 10.0. The Hall–Kier alpha value is -7.86. The highest BCUT2D eigenvalue weighted by molar-refractivity contribution is 6.11. The molecular weight excluding hydrogens is 973 g/mol. The van der Waals surface area contributed by atoms with Crippen LogP contribution >= 0.6 is 0 Å². The standard InChI is InChI=1S/C49H56O24/c1-24(50)62-22-40-42(64-26(3)52)44(66-28(5)54)46(68-30(7)56)48(72-40)70-36-17-13-32(19-38(36)60-9)11-15-34(58)21-35(59)16-12-33-14-18-37(39(20-33)61-10)71-49-47(69-31(8)57)45(67-29(6)55)43(65-27(4)53)41(73-49)23-63-25(2)51/h11-20,40-49H,21-23H2,1-10H3/b15-11+,16-12+/t40-,41+,42-,43-,44+,45+,46-,47+,48+,49+/m1/s1. The minimum Gasteiger partial charge on any atom is -0.493 e. The molecule has 0 unspecified atom stereocenters. The van der Waals surface area contributed by atoms with Crippen molar-refractivity contribution in [3.63, 3.8) is 0 Å². The summed E-state index contributed by atoms with van der Waals surface area (Å²) in [5.74, 6) is -7.27. The van der Waals surface area contributed by atoms with Crippen LogP contribution in [0.5, 0.6) is 23.0 Å². The van der Waals surface area contributed by atoms with Crippen LogP contribution in [0.2, 0.25) is 0 Å². The van der Waals surface area contributed by atoms with Crippen molar-refractivity contribution < 1.29 is 114 Å². The zero-order valence-electron chi connectivity index (χ0n) is 41.5. The van der Waals surface area contributed by atoms with Gasteiger partial charge in [0.25, 0.3) is 0 Å². The molecule has 2 aliphatic heterocycles. The third-order valence-electron chi connectivity index (χ3n) is 10.0. The summed E-state index contributed by atoms with van der Waals surface area (Å²) in [6, 6.07) is 8.85. The summed E-state index contributed by atoms with van der Waals surface area (Å²) < 4.78 is 78.0. The van der Waals surface area contributed by atoms with Crippen LogP contribution in [0, 0.1) is 0 Å². The van der Waals surface area contributed by atoms with Crippen molar-refractivity contribution >= 4 is 71.5 Å². The first kappa shape index (κ1) is 57.7. The highest BCUT2D eigenvalue weighted by Gasteiger charge is 2.55. The van der Waals surface area contributed by atoms with E-state index in [9.17, 15) is 47.9 Å². The van der Waals surface area contributed by atoms with Crippen LogP contribution in [0.1, 0.15) is 72.9 Å². The number of methoxy groups -OCH3 is 2. The molecule has 2 saturated heterocycles. The Morgan fingerprint density at radius 2 is 0.740 bits per heavy atom. The van der Waals surface area contributed by atoms with Gasteiger partial charge in [0.2, 0.25) is 24.8 Å². The van der Waals surface area contributed by atoms with Crippen molar-refractivity contribution in [2.75, 3.05) is 27.4 Å². The minimum absolute atomic E-state index is 0.0177. The second-order valence-corrected chi connectivity index (χ2v) is 16.0. The molecule has 73 heavy (non-hydrogen) atoms. The fraction of sp³-hybridized carbons (Fsp3) is 0.469. The molecule has 0 bridgehead atoms. The van der Waals surface area contributed by atoms with Gasteiger partial charge in [-0.3, -0.25) is 47.9 Å². The van der Waals surface area contributed by atoms with Crippen LogP contribution in [0.3, 0.4) is 0 Å². The molecule has 2 aromatic rings. The summed E-state index contributed by atoms with van der Waals surface area (Å²) in [6.45, 7) is 7.82. The number of hydrogen-bond acceptors (Lipinski definition) is 24. The lowest BCUT2D eigenvalue weighted by atomic mass is 9.98. The normalized spacial score (nSPS) is 23.4. The van der Waals surface area contributed by atoms with Gasteiger partial charge in [-0.05, 0) is 47.5 Å². The maximum Gasteiger partial charge on any atom is 0.303 e. The maximum absolute atomic E-state index is 12.9. The molecule has 24 heteroatoms. The van der Waals surface area contributed by atoms with Crippen LogP contribution in [0.15, 0.2) is 48.6 Å². The molecule has 0 radical (unpaired) electrons. The second kappa shape index (κ2) is 27.1. The molecule has 10 atom stereocenters. The van der Waals surface area contributed by atoms with Gasteiger partial charge in [-0.15, -0.1) is 0 Å². The van der Waals surface area contributed by atoms with Crippen molar-refractivity contribution in [1.82, 2.24) is 0 Å². The molecule has 0 aliphatic carbocycles. The molecule has 2 aliphatic rings. The Morgan fingerprint density at radius 3 is 1.04 bits per heavy atom. The molecule has 24 nitrogen and oxygen atoms in total. The van der Waals surface area contributed by atoms with Crippen molar-refractivity contribution in [3.05, 3.63) is 59.7 Å². The van der Waals surface area contributed by atoms with Gasteiger partial charge in [0.1, 0.15) is 25.4 Å².